The van der Waals surface area contributed by atoms with Gasteiger partial charge in [0.25, 0.3) is 0 Å². The van der Waals surface area contributed by atoms with Gasteiger partial charge in [-0.25, -0.2) is 0 Å². The summed E-state index contributed by atoms with van der Waals surface area (Å²) in [7, 11) is 4.05. The molecule has 0 aliphatic carbocycles. The molecular weight excluding hydrogens is 226 g/mol. The van der Waals surface area contributed by atoms with E-state index in [0.717, 1.165) is 18.1 Å². The molecule has 0 aromatic carbocycles. The highest BCUT2D eigenvalue weighted by Gasteiger charge is 2.33. The second-order valence-corrected chi connectivity index (χ2v) is 5.12. The number of aliphatic hydroxyl groups excluding tert-OH is 1. The minimum atomic E-state index is -0.282. The van der Waals surface area contributed by atoms with E-state index in [1.54, 1.807) is 0 Å². The quantitative estimate of drug-likeness (QED) is 0.753. The van der Waals surface area contributed by atoms with E-state index in [2.05, 4.69) is 19.2 Å². The molecule has 0 radical (unpaired) electrons. The van der Waals surface area contributed by atoms with Gasteiger partial charge >= 0.3 is 0 Å². The van der Waals surface area contributed by atoms with E-state index in [4.69, 9.17) is 5.73 Å². The number of nitrogen functional groups attached to an aromatic ring is 1. The maximum atomic E-state index is 9.72. The molecule has 16 heavy (non-hydrogen) atoms. The molecule has 7 heteroatoms. The fourth-order valence-corrected chi connectivity index (χ4v) is 2.74. The minimum Gasteiger partial charge on any atom is -0.391 e. The van der Waals surface area contributed by atoms with Crippen molar-refractivity contribution < 1.29 is 5.11 Å². The van der Waals surface area contributed by atoms with E-state index in [1.165, 1.54) is 11.5 Å². The van der Waals surface area contributed by atoms with Gasteiger partial charge in [-0.15, -0.1) is 0 Å². The predicted octanol–water partition coefficient (Wildman–Crippen LogP) is -0.379. The summed E-state index contributed by atoms with van der Waals surface area (Å²) < 4.78 is 3.97. The molecule has 2 rings (SSSR count). The number of hydrogen-bond acceptors (Lipinski definition) is 7. The van der Waals surface area contributed by atoms with E-state index in [1.807, 2.05) is 14.1 Å². The highest BCUT2D eigenvalue weighted by molar-refractivity contribution is 7.09. The van der Waals surface area contributed by atoms with Gasteiger partial charge in [-0.1, -0.05) is 0 Å². The fraction of sp³-hybridized carbons (Fsp3) is 0.778. The van der Waals surface area contributed by atoms with E-state index >= 15 is 0 Å². The van der Waals surface area contributed by atoms with Crippen molar-refractivity contribution in [2.24, 2.45) is 0 Å². The van der Waals surface area contributed by atoms with Crippen LogP contribution in [0.1, 0.15) is 6.42 Å². The molecule has 0 spiro atoms. The first kappa shape index (κ1) is 11.6. The van der Waals surface area contributed by atoms with Gasteiger partial charge in [0, 0.05) is 30.7 Å². The van der Waals surface area contributed by atoms with Gasteiger partial charge in [-0.2, -0.15) is 9.36 Å². The van der Waals surface area contributed by atoms with Gasteiger partial charge in [0.05, 0.1) is 6.10 Å². The normalized spacial score (nSPS) is 25.6. The van der Waals surface area contributed by atoms with Crippen LogP contribution in [0, 0.1) is 0 Å². The molecule has 1 aliphatic heterocycles. The molecule has 2 unspecified atom stereocenters. The van der Waals surface area contributed by atoms with Crippen molar-refractivity contribution in [1.82, 2.24) is 14.3 Å². The molecule has 3 N–H and O–H groups in total. The van der Waals surface area contributed by atoms with Gasteiger partial charge in [-0.3, -0.25) is 0 Å². The smallest absolute Gasteiger partial charge is 0.233 e. The van der Waals surface area contributed by atoms with Crippen LogP contribution in [0.25, 0.3) is 0 Å². The van der Waals surface area contributed by atoms with Gasteiger partial charge in [0.2, 0.25) is 11.1 Å². The summed E-state index contributed by atoms with van der Waals surface area (Å²) in [5, 5.41) is 10.5. The topological polar surface area (TPSA) is 78.5 Å². The number of aromatic nitrogens is 2. The molecule has 2 heterocycles. The summed E-state index contributed by atoms with van der Waals surface area (Å²) in [6, 6.07) is 0.289. The highest BCUT2D eigenvalue weighted by Crippen LogP contribution is 2.27. The first-order valence-corrected chi connectivity index (χ1v) is 6.02. The summed E-state index contributed by atoms with van der Waals surface area (Å²) in [6.07, 6.45) is 0.493. The molecular formula is C9H17N5OS. The van der Waals surface area contributed by atoms with Crippen molar-refractivity contribution in [3.8, 4) is 0 Å². The second-order valence-electron chi connectivity index (χ2n) is 4.39. The van der Waals surface area contributed by atoms with Crippen molar-refractivity contribution in [3.63, 3.8) is 0 Å². The Labute approximate surface area is 98.9 Å². The molecule has 2 atom stereocenters. The van der Waals surface area contributed by atoms with Crippen molar-refractivity contribution in [2.75, 3.05) is 37.8 Å². The average molecular weight is 243 g/mol. The Hall–Kier alpha value is -0.920. The van der Waals surface area contributed by atoms with Crippen molar-refractivity contribution in [3.05, 3.63) is 0 Å². The van der Waals surface area contributed by atoms with Gasteiger partial charge in [0.1, 0.15) is 0 Å². The first-order valence-electron chi connectivity index (χ1n) is 5.25. The molecule has 1 aromatic heterocycles. The SMILES string of the molecule is CN(C)CC1CC(O)CN1c1nc(N)ns1. The lowest BCUT2D eigenvalue weighted by molar-refractivity contribution is 0.191. The second kappa shape index (κ2) is 4.52. The van der Waals surface area contributed by atoms with Crippen molar-refractivity contribution in [2.45, 2.75) is 18.6 Å². The Bertz CT molecular complexity index is 355. The van der Waals surface area contributed by atoms with E-state index in [0.29, 0.717) is 12.5 Å². The maximum Gasteiger partial charge on any atom is 0.233 e. The molecule has 1 aliphatic rings. The highest BCUT2D eigenvalue weighted by atomic mass is 32.1. The minimum absolute atomic E-state index is 0.282. The Balaban J connectivity index is 2.12. The number of nitrogens with zero attached hydrogens (tertiary/aromatic N) is 4. The number of rotatable bonds is 3. The number of hydrogen-bond donors (Lipinski definition) is 2. The van der Waals surface area contributed by atoms with Crippen LogP contribution in [0.3, 0.4) is 0 Å². The summed E-state index contributed by atoms with van der Waals surface area (Å²) in [5.41, 5.74) is 5.52. The summed E-state index contributed by atoms with van der Waals surface area (Å²) in [5.74, 6) is 0.310. The molecule has 1 saturated heterocycles. The molecule has 6 nitrogen and oxygen atoms in total. The van der Waals surface area contributed by atoms with Gasteiger partial charge in [0.15, 0.2) is 0 Å². The Morgan fingerprint density at radius 3 is 2.94 bits per heavy atom. The lowest BCUT2D eigenvalue weighted by Gasteiger charge is -2.25. The zero-order chi connectivity index (χ0) is 11.7. The number of likely N-dealkylation sites (N-methyl/N-ethyl adjacent to an activating group) is 1. The summed E-state index contributed by atoms with van der Waals surface area (Å²) in [6.45, 7) is 1.52. The standard InChI is InChI=1S/C9H17N5OS/c1-13(2)4-6-3-7(15)5-14(6)9-11-8(10)12-16-9/h6-7,15H,3-5H2,1-2H3,(H2,10,12). The third kappa shape index (κ3) is 2.42. The molecule has 0 bridgehead atoms. The molecule has 0 saturated carbocycles. The van der Waals surface area contributed by atoms with E-state index < -0.39 is 0 Å². The van der Waals surface area contributed by atoms with Crippen LogP contribution in [0.4, 0.5) is 11.1 Å². The zero-order valence-electron chi connectivity index (χ0n) is 9.50. The van der Waals surface area contributed by atoms with Crippen molar-refractivity contribution >= 4 is 22.6 Å². The molecule has 1 aromatic rings. The lowest BCUT2D eigenvalue weighted by atomic mass is 10.2. The van der Waals surface area contributed by atoms with Crippen LogP contribution in [-0.4, -0.2) is 58.7 Å². The van der Waals surface area contributed by atoms with Crippen LogP contribution >= 0.6 is 11.5 Å². The first-order chi connectivity index (χ1) is 7.56. The Kier molecular flexibility index (Phi) is 3.27. The summed E-state index contributed by atoms with van der Waals surface area (Å²) in [4.78, 5) is 8.37. The van der Waals surface area contributed by atoms with Crippen LogP contribution < -0.4 is 10.6 Å². The van der Waals surface area contributed by atoms with E-state index in [9.17, 15) is 5.11 Å². The number of nitrogens with two attached hydrogens (primary N) is 1. The third-order valence-corrected chi connectivity index (χ3v) is 3.41. The molecule has 0 amide bonds. The number of β-amino-alcohol motifs (C(OH)–C–C–N with tert-alkyl or cyclic N) is 1. The van der Waals surface area contributed by atoms with Crippen LogP contribution in [0.2, 0.25) is 0 Å². The zero-order valence-corrected chi connectivity index (χ0v) is 10.3. The fourth-order valence-electron chi connectivity index (χ4n) is 2.06. The molecule has 1 fully saturated rings. The predicted molar refractivity (Wildman–Crippen MR) is 64.6 cm³/mol. The summed E-state index contributed by atoms with van der Waals surface area (Å²) >= 11 is 1.29. The largest absolute Gasteiger partial charge is 0.391 e. The van der Waals surface area contributed by atoms with Gasteiger partial charge < -0.3 is 20.6 Å². The Morgan fingerprint density at radius 2 is 2.38 bits per heavy atom. The number of aliphatic hydroxyl groups is 1. The van der Waals surface area contributed by atoms with Crippen molar-refractivity contribution in [1.29, 1.82) is 0 Å². The third-order valence-electron chi connectivity index (χ3n) is 2.64. The monoisotopic (exact) mass is 243 g/mol. The van der Waals surface area contributed by atoms with Gasteiger partial charge in [-0.05, 0) is 20.5 Å². The molecule has 90 valence electrons. The van der Waals surface area contributed by atoms with Crippen LogP contribution in [0.5, 0.6) is 0 Å². The van der Waals surface area contributed by atoms with Crippen LogP contribution in [-0.2, 0) is 0 Å². The van der Waals surface area contributed by atoms with E-state index in [-0.39, 0.29) is 12.1 Å². The number of anilines is 2. The Morgan fingerprint density at radius 1 is 1.62 bits per heavy atom. The maximum absolute atomic E-state index is 9.72. The lowest BCUT2D eigenvalue weighted by Crippen LogP contribution is -2.37. The van der Waals surface area contributed by atoms with Crippen LogP contribution in [0.15, 0.2) is 0 Å². The average Bonchev–Trinajstić information content (AvgIpc) is 2.72.